The Morgan fingerprint density at radius 1 is 1.40 bits per heavy atom. The molecule has 0 aromatic heterocycles. The van der Waals surface area contributed by atoms with Crippen LogP contribution in [0.1, 0.15) is 18.9 Å². The highest BCUT2D eigenvalue weighted by molar-refractivity contribution is 5.66. The summed E-state index contributed by atoms with van der Waals surface area (Å²) in [6.07, 6.45) is 0.907. The van der Waals surface area contributed by atoms with Crippen molar-refractivity contribution in [3.05, 3.63) is 35.9 Å². The summed E-state index contributed by atoms with van der Waals surface area (Å²) in [6.45, 7) is 1.42. The van der Waals surface area contributed by atoms with Gasteiger partial charge >= 0.3 is 5.97 Å². The van der Waals surface area contributed by atoms with Crippen LogP contribution in [-0.2, 0) is 16.0 Å². The van der Waals surface area contributed by atoms with E-state index in [1.54, 1.807) is 0 Å². The molecule has 0 heterocycles. The minimum absolute atomic E-state index is 0.0325. The summed E-state index contributed by atoms with van der Waals surface area (Å²) in [4.78, 5) is 10.8. The van der Waals surface area contributed by atoms with E-state index >= 15 is 0 Å². The van der Waals surface area contributed by atoms with Crippen LogP contribution < -0.4 is 0 Å². The maximum atomic E-state index is 10.8. The lowest BCUT2D eigenvalue weighted by Crippen LogP contribution is -2.20. The van der Waals surface area contributed by atoms with Gasteiger partial charge in [0.25, 0.3) is 0 Å². The Morgan fingerprint density at radius 3 is 2.60 bits per heavy atom. The third-order valence-electron chi connectivity index (χ3n) is 2.09. The molecule has 1 rings (SSSR count). The Labute approximate surface area is 89.7 Å². The van der Waals surface area contributed by atoms with Crippen molar-refractivity contribution >= 4 is 5.97 Å². The van der Waals surface area contributed by atoms with E-state index in [0.717, 1.165) is 5.56 Å². The minimum atomic E-state index is -0.301. The molecule has 3 nitrogen and oxygen atoms in total. The lowest BCUT2D eigenvalue weighted by atomic mass is 10.1. The summed E-state index contributed by atoms with van der Waals surface area (Å²) in [5.41, 5.74) is 1.11. The quantitative estimate of drug-likeness (QED) is 0.747. The first-order valence-corrected chi connectivity index (χ1v) is 5.04. The maximum absolute atomic E-state index is 10.8. The summed E-state index contributed by atoms with van der Waals surface area (Å²) >= 11 is 0. The minimum Gasteiger partial charge on any atom is -0.462 e. The summed E-state index contributed by atoms with van der Waals surface area (Å²) in [5.74, 6) is -0.301. The molecule has 82 valence electrons. The summed E-state index contributed by atoms with van der Waals surface area (Å²) in [5, 5.41) is 8.84. The molecule has 0 radical (unpaired) electrons. The number of rotatable bonds is 5. The molecule has 0 fully saturated rings. The number of carbonyl (C=O) groups excluding carboxylic acids is 1. The molecule has 1 aromatic carbocycles. The second-order valence-electron chi connectivity index (χ2n) is 3.43. The molecule has 3 heteroatoms. The first kappa shape index (κ1) is 11.7. The number of carbonyl (C=O) groups is 1. The molecule has 1 aromatic rings. The molecule has 0 saturated carbocycles. The van der Waals surface area contributed by atoms with Gasteiger partial charge in [-0.05, 0) is 5.56 Å². The molecule has 0 bridgehead atoms. The number of hydrogen-bond acceptors (Lipinski definition) is 3. The van der Waals surface area contributed by atoms with E-state index in [2.05, 4.69) is 0 Å². The van der Waals surface area contributed by atoms with Gasteiger partial charge in [-0.2, -0.15) is 0 Å². The SMILES string of the molecule is CC(=O)O[C@@H](CCO)Cc1ccccc1. The normalized spacial score (nSPS) is 12.1. The first-order valence-electron chi connectivity index (χ1n) is 5.04. The van der Waals surface area contributed by atoms with Crippen molar-refractivity contribution in [2.75, 3.05) is 6.61 Å². The van der Waals surface area contributed by atoms with Crippen molar-refractivity contribution in [1.29, 1.82) is 0 Å². The van der Waals surface area contributed by atoms with Crippen LogP contribution in [0.5, 0.6) is 0 Å². The number of aliphatic hydroxyl groups is 1. The zero-order valence-corrected chi connectivity index (χ0v) is 8.85. The van der Waals surface area contributed by atoms with Crippen LogP contribution in [0.4, 0.5) is 0 Å². The molecule has 1 N–H and O–H groups in total. The van der Waals surface area contributed by atoms with Gasteiger partial charge in [0.2, 0.25) is 0 Å². The third kappa shape index (κ3) is 4.61. The van der Waals surface area contributed by atoms with Crippen LogP contribution in [0.3, 0.4) is 0 Å². The van der Waals surface area contributed by atoms with Gasteiger partial charge in [-0.1, -0.05) is 30.3 Å². The van der Waals surface area contributed by atoms with Crippen molar-refractivity contribution in [1.82, 2.24) is 0 Å². The molecule has 0 aliphatic carbocycles. The van der Waals surface area contributed by atoms with Crippen LogP contribution >= 0.6 is 0 Å². The lowest BCUT2D eigenvalue weighted by molar-refractivity contribution is -0.146. The molecule has 0 aliphatic heterocycles. The second-order valence-corrected chi connectivity index (χ2v) is 3.43. The number of aliphatic hydroxyl groups excluding tert-OH is 1. The van der Waals surface area contributed by atoms with Crippen molar-refractivity contribution in [2.24, 2.45) is 0 Å². The van der Waals surface area contributed by atoms with Crippen molar-refractivity contribution < 1.29 is 14.6 Å². The molecule has 0 saturated heterocycles. The van der Waals surface area contributed by atoms with Gasteiger partial charge in [0.1, 0.15) is 6.10 Å². The number of hydrogen-bond donors (Lipinski definition) is 1. The fourth-order valence-electron chi connectivity index (χ4n) is 1.46. The molecular formula is C12H16O3. The first-order chi connectivity index (χ1) is 7.22. The highest BCUT2D eigenvalue weighted by atomic mass is 16.5. The third-order valence-corrected chi connectivity index (χ3v) is 2.09. The van der Waals surface area contributed by atoms with Crippen LogP contribution in [-0.4, -0.2) is 23.8 Å². The van der Waals surface area contributed by atoms with Gasteiger partial charge in [-0.3, -0.25) is 4.79 Å². The molecule has 0 spiro atoms. The predicted molar refractivity (Wildman–Crippen MR) is 57.4 cm³/mol. The molecule has 0 aliphatic rings. The standard InChI is InChI=1S/C12H16O3/c1-10(14)15-12(7-8-13)9-11-5-3-2-4-6-11/h2-6,12-13H,7-9H2,1H3/t12-/m0/s1. The van der Waals surface area contributed by atoms with E-state index in [0.29, 0.717) is 12.8 Å². The van der Waals surface area contributed by atoms with Gasteiger partial charge < -0.3 is 9.84 Å². The fraction of sp³-hybridized carbons (Fsp3) is 0.417. The Kier molecular flexibility index (Phi) is 4.84. The monoisotopic (exact) mass is 208 g/mol. The Morgan fingerprint density at radius 2 is 2.07 bits per heavy atom. The average Bonchev–Trinajstić information content (AvgIpc) is 2.18. The van der Waals surface area contributed by atoms with E-state index in [1.807, 2.05) is 30.3 Å². The van der Waals surface area contributed by atoms with Crippen molar-refractivity contribution in [3.63, 3.8) is 0 Å². The summed E-state index contributed by atoms with van der Waals surface area (Å²) < 4.78 is 5.10. The Bertz CT molecular complexity index is 295. The average molecular weight is 208 g/mol. The van der Waals surface area contributed by atoms with E-state index < -0.39 is 0 Å². The predicted octanol–water partition coefficient (Wildman–Crippen LogP) is 1.54. The number of esters is 1. The zero-order valence-electron chi connectivity index (χ0n) is 8.85. The highest BCUT2D eigenvalue weighted by Crippen LogP contribution is 2.09. The van der Waals surface area contributed by atoms with E-state index in [1.165, 1.54) is 6.92 Å². The van der Waals surface area contributed by atoms with E-state index in [9.17, 15) is 4.79 Å². The molecule has 1 atom stereocenters. The maximum Gasteiger partial charge on any atom is 0.302 e. The smallest absolute Gasteiger partial charge is 0.302 e. The molecule has 0 unspecified atom stereocenters. The lowest BCUT2D eigenvalue weighted by Gasteiger charge is -2.15. The van der Waals surface area contributed by atoms with E-state index in [4.69, 9.17) is 9.84 Å². The van der Waals surface area contributed by atoms with Crippen molar-refractivity contribution in [2.45, 2.75) is 25.9 Å². The fourth-order valence-corrected chi connectivity index (χ4v) is 1.46. The van der Waals surface area contributed by atoms with Gasteiger partial charge in [0.05, 0.1) is 0 Å². The van der Waals surface area contributed by atoms with Crippen LogP contribution in [0.25, 0.3) is 0 Å². The van der Waals surface area contributed by atoms with Gasteiger partial charge in [0, 0.05) is 26.4 Å². The van der Waals surface area contributed by atoms with Gasteiger partial charge in [-0.15, -0.1) is 0 Å². The van der Waals surface area contributed by atoms with E-state index in [-0.39, 0.29) is 18.7 Å². The topological polar surface area (TPSA) is 46.5 Å². The summed E-state index contributed by atoms with van der Waals surface area (Å²) in [7, 11) is 0. The largest absolute Gasteiger partial charge is 0.462 e. The number of benzene rings is 1. The number of ether oxygens (including phenoxy) is 1. The Balaban J connectivity index is 2.54. The summed E-state index contributed by atoms with van der Waals surface area (Å²) in [6, 6.07) is 9.79. The highest BCUT2D eigenvalue weighted by Gasteiger charge is 2.11. The van der Waals surface area contributed by atoms with Crippen LogP contribution in [0, 0.1) is 0 Å². The second kappa shape index (κ2) is 6.19. The van der Waals surface area contributed by atoms with Gasteiger partial charge in [0.15, 0.2) is 0 Å². The van der Waals surface area contributed by atoms with Gasteiger partial charge in [-0.25, -0.2) is 0 Å². The van der Waals surface area contributed by atoms with Crippen LogP contribution in [0.15, 0.2) is 30.3 Å². The molecule has 15 heavy (non-hydrogen) atoms. The van der Waals surface area contributed by atoms with Crippen molar-refractivity contribution in [3.8, 4) is 0 Å². The zero-order chi connectivity index (χ0) is 11.1. The Hall–Kier alpha value is -1.35. The molecular weight excluding hydrogens is 192 g/mol. The van der Waals surface area contributed by atoms with Crippen LogP contribution in [0.2, 0.25) is 0 Å². The molecule has 0 amide bonds.